The number of hydrogen-bond acceptors (Lipinski definition) is 6. The van der Waals surface area contributed by atoms with Crippen LogP contribution in [0.15, 0.2) is 30.3 Å². The molecule has 0 unspecified atom stereocenters. The maximum atomic E-state index is 12.5. The lowest BCUT2D eigenvalue weighted by molar-refractivity contribution is 0.0591. The zero-order valence-electron chi connectivity index (χ0n) is 18.9. The minimum absolute atomic E-state index is 0.0493. The van der Waals surface area contributed by atoms with E-state index in [2.05, 4.69) is 15.0 Å². The number of aliphatic hydroxyl groups is 1. The highest BCUT2D eigenvalue weighted by atomic mass is 35.5. The molecule has 1 heterocycles. The lowest BCUT2D eigenvalue weighted by atomic mass is 10.1. The Morgan fingerprint density at radius 2 is 1.82 bits per heavy atom. The first kappa shape index (κ1) is 26.6. The second-order valence-corrected chi connectivity index (χ2v) is 9.34. The minimum atomic E-state index is -0.763. The molecule has 1 amide bonds. The average molecular weight is 530 g/mol. The van der Waals surface area contributed by atoms with Crippen molar-refractivity contribution in [3.63, 3.8) is 0 Å². The Morgan fingerprint density at radius 1 is 1.15 bits per heavy atom. The molecule has 1 atom stereocenters. The first-order valence-electron chi connectivity index (χ1n) is 10.9. The van der Waals surface area contributed by atoms with Crippen molar-refractivity contribution >= 4 is 46.7 Å². The second kappa shape index (κ2) is 12.1. The molecule has 1 saturated heterocycles. The molecule has 10 heteroatoms. The summed E-state index contributed by atoms with van der Waals surface area (Å²) in [4.78, 5) is 26.3. The van der Waals surface area contributed by atoms with Gasteiger partial charge in [-0.1, -0.05) is 34.8 Å². The fraction of sp³-hybridized carbons (Fsp3) is 0.417. The Hall–Kier alpha value is -2.03. The minimum Gasteiger partial charge on any atom is -0.490 e. The monoisotopic (exact) mass is 528 g/mol. The molecule has 184 valence electrons. The van der Waals surface area contributed by atoms with Gasteiger partial charge in [0.1, 0.15) is 11.9 Å². The lowest BCUT2D eigenvalue weighted by Crippen LogP contribution is -2.45. The molecule has 2 N–H and O–H groups in total. The summed E-state index contributed by atoms with van der Waals surface area (Å²) in [6.45, 7) is 3.85. The number of rotatable bonds is 8. The lowest BCUT2D eigenvalue weighted by Gasteiger charge is -2.33. The third kappa shape index (κ3) is 6.77. The van der Waals surface area contributed by atoms with Gasteiger partial charge in [-0.3, -0.25) is 4.79 Å². The molecular formula is C24H27Cl3N2O5. The summed E-state index contributed by atoms with van der Waals surface area (Å²) in [6, 6.07) is 7.87. The number of nitrogens with one attached hydrogen (secondary N) is 1. The predicted octanol–water partition coefficient (Wildman–Crippen LogP) is 4.38. The van der Waals surface area contributed by atoms with Crippen LogP contribution < -0.4 is 10.1 Å². The van der Waals surface area contributed by atoms with Crippen LogP contribution in [0.25, 0.3) is 0 Å². The second-order valence-electron chi connectivity index (χ2n) is 8.15. The van der Waals surface area contributed by atoms with Crippen LogP contribution in [0.4, 0.5) is 0 Å². The van der Waals surface area contributed by atoms with Crippen molar-refractivity contribution in [2.24, 2.45) is 0 Å². The van der Waals surface area contributed by atoms with Gasteiger partial charge in [-0.15, -0.1) is 0 Å². The van der Waals surface area contributed by atoms with E-state index < -0.39 is 18.0 Å². The van der Waals surface area contributed by atoms with E-state index >= 15 is 0 Å². The summed E-state index contributed by atoms with van der Waals surface area (Å²) in [5.74, 6) is -0.308. The molecule has 3 rings (SSSR count). The van der Waals surface area contributed by atoms with E-state index in [4.69, 9.17) is 39.5 Å². The normalized spacial score (nSPS) is 15.6. The Bertz CT molecular complexity index is 1040. The number of ether oxygens (including phenoxy) is 2. The third-order valence-corrected chi connectivity index (χ3v) is 6.95. The zero-order chi connectivity index (χ0) is 24.8. The molecule has 1 fully saturated rings. The average Bonchev–Trinajstić information content (AvgIpc) is 2.83. The van der Waals surface area contributed by atoms with Crippen molar-refractivity contribution in [3.8, 4) is 5.75 Å². The van der Waals surface area contributed by atoms with Crippen LogP contribution in [0.5, 0.6) is 5.75 Å². The number of carbonyl (C=O) groups is 2. The van der Waals surface area contributed by atoms with E-state index in [-0.39, 0.29) is 28.8 Å². The van der Waals surface area contributed by atoms with Gasteiger partial charge in [-0.25, -0.2) is 4.79 Å². The molecule has 7 nitrogen and oxygen atoms in total. The van der Waals surface area contributed by atoms with E-state index in [0.29, 0.717) is 16.6 Å². The Balaban J connectivity index is 1.45. The van der Waals surface area contributed by atoms with Gasteiger partial charge in [0, 0.05) is 31.7 Å². The van der Waals surface area contributed by atoms with Crippen molar-refractivity contribution in [2.45, 2.75) is 32.0 Å². The van der Waals surface area contributed by atoms with Crippen LogP contribution in [0, 0.1) is 6.92 Å². The Labute approximate surface area is 213 Å². The number of benzene rings is 2. The summed E-state index contributed by atoms with van der Waals surface area (Å²) in [6.07, 6.45) is 0.887. The number of aliphatic hydroxyl groups excluding tert-OH is 1. The summed E-state index contributed by atoms with van der Waals surface area (Å²) < 4.78 is 10.8. The highest BCUT2D eigenvalue weighted by molar-refractivity contribution is 6.42. The molecule has 0 aromatic heterocycles. The molecular weight excluding hydrogens is 503 g/mol. The van der Waals surface area contributed by atoms with Gasteiger partial charge >= 0.3 is 5.97 Å². The molecule has 0 spiro atoms. The van der Waals surface area contributed by atoms with Crippen molar-refractivity contribution in [1.29, 1.82) is 0 Å². The van der Waals surface area contributed by atoms with Crippen molar-refractivity contribution in [1.82, 2.24) is 10.2 Å². The van der Waals surface area contributed by atoms with Gasteiger partial charge in [-0.2, -0.15) is 0 Å². The van der Waals surface area contributed by atoms with E-state index in [1.807, 2.05) is 13.0 Å². The number of β-amino-alcohol motifs (C(OH)–C–C–N with tert-alkyl or cyclic N) is 1. The largest absolute Gasteiger partial charge is 0.490 e. The SMILES string of the molecule is COC(=O)c1ccc(Cl)c(C(=O)NC[C@@H](O)CN2CCC(Oc3ccc(Cl)c(Cl)c3C)CC2)c1. The quantitative estimate of drug-likeness (QED) is 0.494. The number of nitrogens with zero attached hydrogens (tertiary/aromatic N) is 1. The maximum absolute atomic E-state index is 12.5. The van der Waals surface area contributed by atoms with E-state index in [1.54, 1.807) is 6.07 Å². The fourth-order valence-electron chi connectivity index (χ4n) is 3.76. The molecule has 34 heavy (non-hydrogen) atoms. The highest BCUT2D eigenvalue weighted by Crippen LogP contribution is 2.33. The molecule has 1 aliphatic heterocycles. The van der Waals surface area contributed by atoms with Crippen LogP contribution in [0.2, 0.25) is 15.1 Å². The Morgan fingerprint density at radius 3 is 2.50 bits per heavy atom. The molecule has 2 aromatic carbocycles. The van der Waals surface area contributed by atoms with Crippen molar-refractivity contribution in [2.75, 3.05) is 33.3 Å². The standard InChI is InChI=1S/C24H27Cl3N2O5/c1-14-21(6-5-20(26)22(14)27)34-17-7-9-29(10-8-17)13-16(30)12-28-23(31)18-11-15(24(32)33-2)3-4-19(18)25/h3-6,11,16-17,30H,7-10,12-13H2,1-2H3,(H,28,31)/t16-/m1/s1. The van der Waals surface area contributed by atoms with Crippen LogP contribution in [0.1, 0.15) is 39.1 Å². The summed E-state index contributed by atoms with van der Waals surface area (Å²) >= 11 is 18.3. The van der Waals surface area contributed by atoms with E-state index in [0.717, 1.165) is 37.2 Å². The van der Waals surface area contributed by atoms with Gasteiger partial charge < -0.3 is 24.8 Å². The van der Waals surface area contributed by atoms with E-state index in [1.165, 1.54) is 25.3 Å². The zero-order valence-corrected chi connectivity index (χ0v) is 21.2. The predicted molar refractivity (Wildman–Crippen MR) is 132 cm³/mol. The number of halogens is 3. The first-order chi connectivity index (χ1) is 16.2. The number of hydrogen-bond donors (Lipinski definition) is 2. The van der Waals surface area contributed by atoms with Gasteiger partial charge in [0.05, 0.1) is 39.4 Å². The number of methoxy groups -OCH3 is 1. The van der Waals surface area contributed by atoms with Gasteiger partial charge in [0.2, 0.25) is 0 Å². The van der Waals surface area contributed by atoms with Crippen LogP contribution >= 0.6 is 34.8 Å². The number of piperidine rings is 1. The molecule has 0 saturated carbocycles. The van der Waals surface area contributed by atoms with Crippen LogP contribution in [-0.2, 0) is 4.74 Å². The molecule has 2 aromatic rings. The van der Waals surface area contributed by atoms with Crippen molar-refractivity contribution < 1.29 is 24.2 Å². The number of amides is 1. The topological polar surface area (TPSA) is 88.1 Å². The van der Waals surface area contributed by atoms with Crippen LogP contribution in [-0.4, -0.2) is 67.4 Å². The van der Waals surface area contributed by atoms with Gasteiger partial charge in [0.15, 0.2) is 0 Å². The third-order valence-electron chi connectivity index (χ3n) is 5.72. The molecule has 0 aliphatic carbocycles. The highest BCUT2D eigenvalue weighted by Gasteiger charge is 2.24. The smallest absolute Gasteiger partial charge is 0.337 e. The number of esters is 1. The molecule has 1 aliphatic rings. The van der Waals surface area contributed by atoms with Crippen LogP contribution in [0.3, 0.4) is 0 Å². The number of likely N-dealkylation sites (tertiary alicyclic amines) is 1. The maximum Gasteiger partial charge on any atom is 0.337 e. The summed E-state index contributed by atoms with van der Waals surface area (Å²) in [5.41, 5.74) is 1.19. The van der Waals surface area contributed by atoms with E-state index in [9.17, 15) is 14.7 Å². The molecule has 0 bridgehead atoms. The Kier molecular flexibility index (Phi) is 9.45. The van der Waals surface area contributed by atoms with Gasteiger partial charge in [-0.05, 0) is 50.1 Å². The fourth-order valence-corrected chi connectivity index (χ4v) is 4.33. The van der Waals surface area contributed by atoms with Gasteiger partial charge in [0.25, 0.3) is 5.91 Å². The first-order valence-corrected chi connectivity index (χ1v) is 12.0. The summed E-state index contributed by atoms with van der Waals surface area (Å²) in [7, 11) is 1.26. The molecule has 0 radical (unpaired) electrons. The summed E-state index contributed by atoms with van der Waals surface area (Å²) in [5, 5.41) is 14.3. The number of carbonyl (C=O) groups excluding carboxylic acids is 2. The van der Waals surface area contributed by atoms with Crippen molar-refractivity contribution in [3.05, 3.63) is 62.1 Å².